The van der Waals surface area contributed by atoms with Crippen LogP contribution in [-0.4, -0.2) is 17.0 Å². The number of nitrogens with two attached hydrogens (primary N) is 1. The smallest absolute Gasteiger partial charge is 0.224 e. The van der Waals surface area contributed by atoms with Crippen LogP contribution in [0.5, 0.6) is 0 Å². The Bertz CT molecular complexity index is 589. The van der Waals surface area contributed by atoms with E-state index < -0.39 is 0 Å². The first-order valence-corrected chi connectivity index (χ1v) is 6.09. The van der Waals surface area contributed by atoms with Crippen LogP contribution < -0.4 is 11.1 Å². The van der Waals surface area contributed by atoms with Gasteiger partial charge in [-0.2, -0.15) is 0 Å². The molecule has 0 radical (unpaired) electrons. The molecule has 0 spiro atoms. The number of amidine groups is 1. The summed E-state index contributed by atoms with van der Waals surface area (Å²) in [5.41, 5.74) is 6.69. The first-order valence-electron chi connectivity index (χ1n) is 6.09. The minimum Gasteiger partial charge on any atom is -0.469 e. The van der Waals surface area contributed by atoms with Gasteiger partial charge in [-0.05, 0) is 36.4 Å². The van der Waals surface area contributed by atoms with E-state index in [1.807, 2.05) is 6.07 Å². The van der Waals surface area contributed by atoms with Gasteiger partial charge in [0.2, 0.25) is 5.91 Å². The van der Waals surface area contributed by atoms with E-state index in [4.69, 9.17) is 15.4 Å². The second-order valence-electron chi connectivity index (χ2n) is 4.19. The summed E-state index contributed by atoms with van der Waals surface area (Å²) < 4.78 is 5.16. The number of carbonyl (C=O) groups is 1. The predicted octanol–water partition coefficient (Wildman–Crippen LogP) is 1.95. The lowest BCUT2D eigenvalue weighted by molar-refractivity contribution is -0.116. The highest BCUT2D eigenvalue weighted by molar-refractivity contribution is 5.98. The maximum atomic E-state index is 11.7. The lowest BCUT2D eigenvalue weighted by atomic mass is 10.2. The van der Waals surface area contributed by atoms with Gasteiger partial charge in [0.15, 0.2) is 5.84 Å². The van der Waals surface area contributed by atoms with E-state index in [0.717, 1.165) is 5.76 Å². The molecule has 0 bridgehead atoms. The van der Waals surface area contributed by atoms with E-state index >= 15 is 0 Å². The lowest BCUT2D eigenvalue weighted by Gasteiger charge is -2.05. The number of carbonyl (C=O) groups excluding carboxylic acids is 1. The maximum Gasteiger partial charge on any atom is 0.224 e. The van der Waals surface area contributed by atoms with Crippen molar-refractivity contribution in [2.75, 3.05) is 5.32 Å². The second-order valence-corrected chi connectivity index (χ2v) is 4.19. The molecule has 0 aliphatic rings. The van der Waals surface area contributed by atoms with Gasteiger partial charge < -0.3 is 20.7 Å². The van der Waals surface area contributed by atoms with Crippen molar-refractivity contribution in [1.29, 1.82) is 0 Å². The SMILES string of the molecule is N/C(=N/O)c1ccc(NC(=O)CCc2ccco2)cc1. The number of oxime groups is 1. The van der Waals surface area contributed by atoms with E-state index in [2.05, 4.69) is 10.5 Å². The molecule has 2 rings (SSSR count). The van der Waals surface area contributed by atoms with Gasteiger partial charge in [0.25, 0.3) is 0 Å². The van der Waals surface area contributed by atoms with Gasteiger partial charge in [0.05, 0.1) is 6.26 Å². The Labute approximate surface area is 115 Å². The number of furan rings is 1. The fourth-order valence-corrected chi connectivity index (χ4v) is 1.70. The molecule has 0 aliphatic carbocycles. The Hall–Kier alpha value is -2.76. The predicted molar refractivity (Wildman–Crippen MR) is 74.6 cm³/mol. The van der Waals surface area contributed by atoms with Crippen LogP contribution in [0.15, 0.2) is 52.2 Å². The summed E-state index contributed by atoms with van der Waals surface area (Å²) in [5.74, 6) is 0.709. The Morgan fingerprint density at radius 1 is 1.30 bits per heavy atom. The van der Waals surface area contributed by atoms with Gasteiger partial charge >= 0.3 is 0 Å². The van der Waals surface area contributed by atoms with Crippen LogP contribution in [0, 0.1) is 0 Å². The number of nitrogens with zero attached hydrogens (tertiary/aromatic N) is 1. The summed E-state index contributed by atoms with van der Waals surface area (Å²) >= 11 is 0. The van der Waals surface area contributed by atoms with Crippen LogP contribution in [0.4, 0.5) is 5.69 Å². The van der Waals surface area contributed by atoms with Crippen molar-refractivity contribution < 1.29 is 14.4 Å². The maximum absolute atomic E-state index is 11.7. The van der Waals surface area contributed by atoms with Gasteiger partial charge in [-0.3, -0.25) is 4.79 Å². The van der Waals surface area contributed by atoms with E-state index in [1.165, 1.54) is 0 Å². The third kappa shape index (κ3) is 3.61. The molecule has 1 aromatic heterocycles. The lowest BCUT2D eigenvalue weighted by Crippen LogP contribution is -2.14. The zero-order valence-electron chi connectivity index (χ0n) is 10.7. The van der Waals surface area contributed by atoms with Gasteiger partial charge in [-0.1, -0.05) is 5.16 Å². The zero-order valence-corrected chi connectivity index (χ0v) is 10.7. The fourth-order valence-electron chi connectivity index (χ4n) is 1.70. The quantitative estimate of drug-likeness (QED) is 0.335. The molecule has 0 saturated heterocycles. The number of aryl methyl sites for hydroxylation is 1. The Kier molecular flexibility index (Phi) is 4.39. The summed E-state index contributed by atoms with van der Waals surface area (Å²) in [6, 6.07) is 10.3. The third-order valence-corrected chi connectivity index (χ3v) is 2.75. The molecule has 4 N–H and O–H groups in total. The largest absolute Gasteiger partial charge is 0.469 e. The molecule has 0 fully saturated rings. The number of nitrogens with one attached hydrogen (secondary N) is 1. The monoisotopic (exact) mass is 273 g/mol. The molecule has 1 amide bonds. The molecule has 2 aromatic rings. The number of hydrogen-bond donors (Lipinski definition) is 3. The minimum atomic E-state index is -0.0991. The topological polar surface area (TPSA) is 101 Å². The molecular formula is C14H15N3O3. The van der Waals surface area contributed by atoms with Crippen molar-refractivity contribution in [2.24, 2.45) is 10.9 Å². The van der Waals surface area contributed by atoms with Crippen LogP contribution in [-0.2, 0) is 11.2 Å². The van der Waals surface area contributed by atoms with Gasteiger partial charge in [0.1, 0.15) is 5.76 Å². The normalized spacial score (nSPS) is 11.3. The van der Waals surface area contributed by atoms with E-state index in [0.29, 0.717) is 24.1 Å². The molecule has 6 heteroatoms. The molecular weight excluding hydrogens is 258 g/mol. The molecule has 1 aromatic carbocycles. The summed E-state index contributed by atoms with van der Waals surface area (Å²) in [5, 5.41) is 14.2. The molecule has 20 heavy (non-hydrogen) atoms. The van der Waals surface area contributed by atoms with Gasteiger partial charge in [-0.25, -0.2) is 0 Å². The van der Waals surface area contributed by atoms with Crippen molar-refractivity contribution in [3.8, 4) is 0 Å². The van der Waals surface area contributed by atoms with Crippen molar-refractivity contribution in [1.82, 2.24) is 0 Å². The Balaban J connectivity index is 1.88. The van der Waals surface area contributed by atoms with E-state index in [1.54, 1.807) is 36.6 Å². The second kappa shape index (κ2) is 6.42. The van der Waals surface area contributed by atoms with E-state index in [-0.39, 0.29) is 11.7 Å². The van der Waals surface area contributed by atoms with Crippen molar-refractivity contribution in [2.45, 2.75) is 12.8 Å². The molecule has 0 saturated carbocycles. The number of rotatable bonds is 5. The van der Waals surface area contributed by atoms with Crippen molar-refractivity contribution >= 4 is 17.4 Å². The molecule has 0 unspecified atom stereocenters. The molecule has 0 aliphatic heterocycles. The minimum absolute atomic E-state index is 0.0284. The molecule has 0 atom stereocenters. The fraction of sp³-hybridized carbons (Fsp3) is 0.143. The van der Waals surface area contributed by atoms with Crippen LogP contribution in [0.25, 0.3) is 0 Å². The summed E-state index contributed by atoms with van der Waals surface area (Å²) in [6.07, 6.45) is 2.48. The summed E-state index contributed by atoms with van der Waals surface area (Å²) in [7, 11) is 0. The van der Waals surface area contributed by atoms with Crippen LogP contribution in [0.3, 0.4) is 0 Å². The van der Waals surface area contributed by atoms with E-state index in [9.17, 15) is 4.79 Å². The first-order chi connectivity index (χ1) is 9.69. The number of amides is 1. The molecule has 6 nitrogen and oxygen atoms in total. The summed E-state index contributed by atoms with van der Waals surface area (Å²) in [4.78, 5) is 11.7. The highest BCUT2D eigenvalue weighted by Gasteiger charge is 2.05. The average molecular weight is 273 g/mol. The van der Waals surface area contributed by atoms with Crippen LogP contribution >= 0.6 is 0 Å². The Morgan fingerprint density at radius 2 is 2.05 bits per heavy atom. The first kappa shape index (κ1) is 13.7. The van der Waals surface area contributed by atoms with Crippen molar-refractivity contribution in [3.63, 3.8) is 0 Å². The molecule has 104 valence electrons. The van der Waals surface area contributed by atoms with Crippen LogP contribution in [0.1, 0.15) is 17.7 Å². The average Bonchev–Trinajstić information content (AvgIpc) is 2.98. The van der Waals surface area contributed by atoms with Crippen molar-refractivity contribution in [3.05, 3.63) is 54.0 Å². The number of anilines is 1. The standard InChI is InChI=1S/C14H15N3O3/c15-14(17-19)10-3-5-11(6-4-10)16-13(18)8-7-12-2-1-9-20-12/h1-6,9,19H,7-8H2,(H2,15,17)(H,16,18). The van der Waals surface area contributed by atoms with Gasteiger partial charge in [-0.15, -0.1) is 0 Å². The zero-order chi connectivity index (χ0) is 14.4. The third-order valence-electron chi connectivity index (χ3n) is 2.75. The highest BCUT2D eigenvalue weighted by atomic mass is 16.4. The molecule has 1 heterocycles. The number of hydrogen-bond acceptors (Lipinski definition) is 4. The highest BCUT2D eigenvalue weighted by Crippen LogP contribution is 2.11. The Morgan fingerprint density at radius 3 is 2.65 bits per heavy atom. The van der Waals surface area contributed by atoms with Crippen LogP contribution in [0.2, 0.25) is 0 Å². The van der Waals surface area contributed by atoms with Gasteiger partial charge in [0, 0.05) is 24.1 Å². The number of benzene rings is 1. The summed E-state index contributed by atoms with van der Waals surface area (Å²) in [6.45, 7) is 0.